The van der Waals surface area contributed by atoms with E-state index in [4.69, 9.17) is 0 Å². The second kappa shape index (κ2) is 6.34. The molecule has 1 heterocycles. The standard InChI is InChI=1S/C11H19N3O4/c1-8(15)12-9(11(17)18-3)6-14-5-4-13(2)10(16)7-14/h9H,4-7H2,1-3H3,(H,12,15). The quantitative estimate of drug-likeness (QED) is 0.616. The van der Waals surface area contributed by atoms with Crippen LogP contribution in [0.25, 0.3) is 0 Å². The van der Waals surface area contributed by atoms with Crippen molar-refractivity contribution >= 4 is 17.8 Å². The van der Waals surface area contributed by atoms with Gasteiger partial charge in [0, 0.05) is 33.6 Å². The molecule has 1 aliphatic heterocycles. The lowest BCUT2D eigenvalue weighted by atomic mass is 10.2. The lowest BCUT2D eigenvalue weighted by molar-refractivity contribution is -0.146. The van der Waals surface area contributed by atoms with Crippen LogP contribution in [0.15, 0.2) is 0 Å². The molecule has 0 aromatic heterocycles. The number of hydrogen-bond donors (Lipinski definition) is 1. The van der Waals surface area contributed by atoms with Gasteiger partial charge in [0.2, 0.25) is 11.8 Å². The molecule has 0 aromatic carbocycles. The molecule has 1 atom stereocenters. The summed E-state index contributed by atoms with van der Waals surface area (Å²) in [4.78, 5) is 37.5. The molecule has 1 rings (SSSR count). The molecule has 18 heavy (non-hydrogen) atoms. The molecule has 0 saturated carbocycles. The van der Waals surface area contributed by atoms with Crippen LogP contribution < -0.4 is 5.32 Å². The molecule has 0 radical (unpaired) electrons. The second-order valence-corrected chi connectivity index (χ2v) is 4.33. The first-order chi connectivity index (χ1) is 8.43. The van der Waals surface area contributed by atoms with Gasteiger partial charge in [-0.15, -0.1) is 0 Å². The Labute approximate surface area is 106 Å². The highest BCUT2D eigenvalue weighted by atomic mass is 16.5. The van der Waals surface area contributed by atoms with Crippen LogP contribution >= 0.6 is 0 Å². The van der Waals surface area contributed by atoms with Crippen molar-refractivity contribution in [3.63, 3.8) is 0 Å². The fraction of sp³-hybridized carbons (Fsp3) is 0.727. The van der Waals surface area contributed by atoms with Gasteiger partial charge in [0.1, 0.15) is 6.04 Å². The Hall–Kier alpha value is -1.63. The summed E-state index contributed by atoms with van der Waals surface area (Å²) in [6, 6.07) is -0.733. The molecule has 0 aliphatic carbocycles. The molecule has 0 aromatic rings. The molecule has 7 heteroatoms. The molecule has 1 N–H and O–H groups in total. The summed E-state index contributed by atoms with van der Waals surface area (Å²) < 4.78 is 4.63. The smallest absolute Gasteiger partial charge is 0.329 e. The Morgan fingerprint density at radius 3 is 2.61 bits per heavy atom. The van der Waals surface area contributed by atoms with E-state index in [-0.39, 0.29) is 24.9 Å². The van der Waals surface area contributed by atoms with Gasteiger partial charge in [0.05, 0.1) is 13.7 Å². The molecule has 0 bridgehead atoms. The molecule has 1 aliphatic rings. The van der Waals surface area contributed by atoms with E-state index in [1.165, 1.54) is 14.0 Å². The maximum absolute atomic E-state index is 11.5. The fourth-order valence-corrected chi connectivity index (χ4v) is 1.79. The molecular weight excluding hydrogens is 238 g/mol. The first-order valence-corrected chi connectivity index (χ1v) is 5.75. The maximum Gasteiger partial charge on any atom is 0.329 e. The molecule has 0 spiro atoms. The summed E-state index contributed by atoms with van der Waals surface area (Å²) >= 11 is 0. The maximum atomic E-state index is 11.5. The number of likely N-dealkylation sites (N-methyl/N-ethyl adjacent to an activating group) is 1. The van der Waals surface area contributed by atoms with Crippen LogP contribution in [0.2, 0.25) is 0 Å². The van der Waals surface area contributed by atoms with Crippen molar-refractivity contribution < 1.29 is 19.1 Å². The van der Waals surface area contributed by atoms with Gasteiger partial charge in [-0.05, 0) is 0 Å². The number of hydrogen-bond acceptors (Lipinski definition) is 5. The first-order valence-electron chi connectivity index (χ1n) is 5.75. The van der Waals surface area contributed by atoms with Crippen LogP contribution in [-0.2, 0) is 19.1 Å². The number of rotatable bonds is 4. The lowest BCUT2D eigenvalue weighted by Gasteiger charge is -2.33. The highest BCUT2D eigenvalue weighted by Crippen LogP contribution is 2.03. The first kappa shape index (κ1) is 14.4. The lowest BCUT2D eigenvalue weighted by Crippen LogP contribution is -2.54. The van der Waals surface area contributed by atoms with Gasteiger partial charge in [-0.3, -0.25) is 14.5 Å². The van der Waals surface area contributed by atoms with Crippen molar-refractivity contribution in [1.29, 1.82) is 0 Å². The minimum Gasteiger partial charge on any atom is -0.467 e. The third-order valence-electron chi connectivity index (χ3n) is 2.84. The van der Waals surface area contributed by atoms with E-state index in [0.717, 1.165) is 0 Å². The summed E-state index contributed by atoms with van der Waals surface area (Å²) in [6.45, 7) is 3.17. The van der Waals surface area contributed by atoms with Crippen molar-refractivity contribution in [1.82, 2.24) is 15.1 Å². The summed E-state index contributed by atoms with van der Waals surface area (Å²) in [5, 5.41) is 2.52. The van der Waals surface area contributed by atoms with E-state index in [9.17, 15) is 14.4 Å². The van der Waals surface area contributed by atoms with E-state index in [1.54, 1.807) is 11.9 Å². The summed E-state index contributed by atoms with van der Waals surface area (Å²) in [5.74, 6) is -0.796. The predicted molar refractivity (Wildman–Crippen MR) is 63.7 cm³/mol. The van der Waals surface area contributed by atoms with E-state index >= 15 is 0 Å². The Morgan fingerprint density at radius 2 is 2.11 bits per heavy atom. The van der Waals surface area contributed by atoms with E-state index < -0.39 is 12.0 Å². The van der Waals surface area contributed by atoms with Gasteiger partial charge in [0.25, 0.3) is 0 Å². The third kappa shape index (κ3) is 3.99. The number of nitrogens with one attached hydrogen (secondary N) is 1. The van der Waals surface area contributed by atoms with Crippen molar-refractivity contribution in [2.75, 3.05) is 40.3 Å². The number of carbonyl (C=O) groups excluding carboxylic acids is 3. The molecular formula is C11H19N3O4. The van der Waals surface area contributed by atoms with Crippen molar-refractivity contribution in [3.8, 4) is 0 Å². The van der Waals surface area contributed by atoms with Gasteiger partial charge in [-0.2, -0.15) is 0 Å². The minimum atomic E-state index is -0.733. The number of ether oxygens (including phenoxy) is 1. The molecule has 1 fully saturated rings. The van der Waals surface area contributed by atoms with Gasteiger partial charge < -0.3 is 15.0 Å². The minimum absolute atomic E-state index is 0.00712. The number of esters is 1. The monoisotopic (exact) mass is 257 g/mol. The molecule has 7 nitrogen and oxygen atoms in total. The van der Waals surface area contributed by atoms with Crippen LogP contribution in [-0.4, -0.2) is 74.0 Å². The molecule has 1 unspecified atom stereocenters. The average molecular weight is 257 g/mol. The van der Waals surface area contributed by atoms with Crippen LogP contribution in [0.4, 0.5) is 0 Å². The largest absolute Gasteiger partial charge is 0.467 e. The van der Waals surface area contributed by atoms with E-state index in [2.05, 4.69) is 10.1 Å². The van der Waals surface area contributed by atoms with Gasteiger partial charge in [0.15, 0.2) is 0 Å². The SMILES string of the molecule is COC(=O)C(CN1CCN(C)C(=O)C1)NC(C)=O. The Balaban J connectivity index is 2.57. The molecule has 2 amide bonds. The fourth-order valence-electron chi connectivity index (χ4n) is 1.79. The summed E-state index contributed by atoms with van der Waals surface area (Å²) in [6.07, 6.45) is 0. The van der Waals surface area contributed by atoms with Gasteiger partial charge in [-0.1, -0.05) is 0 Å². The highest BCUT2D eigenvalue weighted by Gasteiger charge is 2.27. The number of carbonyl (C=O) groups is 3. The Morgan fingerprint density at radius 1 is 1.44 bits per heavy atom. The number of nitrogens with zero attached hydrogens (tertiary/aromatic N) is 2. The van der Waals surface area contributed by atoms with Crippen LogP contribution in [0.3, 0.4) is 0 Å². The highest BCUT2D eigenvalue weighted by molar-refractivity contribution is 5.83. The van der Waals surface area contributed by atoms with Crippen molar-refractivity contribution in [2.24, 2.45) is 0 Å². The number of amides is 2. The zero-order valence-corrected chi connectivity index (χ0v) is 10.9. The normalized spacial score (nSPS) is 18.4. The Bertz CT molecular complexity index is 345. The van der Waals surface area contributed by atoms with Crippen molar-refractivity contribution in [2.45, 2.75) is 13.0 Å². The topological polar surface area (TPSA) is 79.0 Å². The second-order valence-electron chi connectivity index (χ2n) is 4.33. The zero-order valence-electron chi connectivity index (χ0n) is 10.9. The third-order valence-corrected chi connectivity index (χ3v) is 2.84. The van der Waals surface area contributed by atoms with Crippen molar-refractivity contribution in [3.05, 3.63) is 0 Å². The van der Waals surface area contributed by atoms with Crippen LogP contribution in [0.5, 0.6) is 0 Å². The number of methoxy groups -OCH3 is 1. The predicted octanol–water partition coefficient (Wildman–Crippen LogP) is -1.56. The van der Waals surface area contributed by atoms with Crippen LogP contribution in [0.1, 0.15) is 6.92 Å². The average Bonchev–Trinajstić information content (AvgIpc) is 2.31. The van der Waals surface area contributed by atoms with E-state index in [1.807, 2.05) is 4.90 Å². The van der Waals surface area contributed by atoms with Gasteiger partial charge >= 0.3 is 5.97 Å². The molecule has 1 saturated heterocycles. The van der Waals surface area contributed by atoms with Gasteiger partial charge in [-0.25, -0.2) is 4.79 Å². The van der Waals surface area contributed by atoms with E-state index in [0.29, 0.717) is 13.1 Å². The summed E-state index contributed by atoms with van der Waals surface area (Å²) in [7, 11) is 3.01. The summed E-state index contributed by atoms with van der Waals surface area (Å²) in [5.41, 5.74) is 0. The zero-order chi connectivity index (χ0) is 13.7. The Kier molecular flexibility index (Phi) is 5.08. The molecule has 102 valence electrons. The number of piperazine rings is 1. The van der Waals surface area contributed by atoms with Crippen LogP contribution in [0, 0.1) is 0 Å².